The van der Waals surface area contributed by atoms with Gasteiger partial charge in [-0.05, 0) is 24.6 Å². The molecule has 0 bridgehead atoms. The van der Waals surface area contributed by atoms with Crippen molar-refractivity contribution in [1.29, 1.82) is 0 Å². The summed E-state index contributed by atoms with van der Waals surface area (Å²) in [6.07, 6.45) is -0.138. The number of alkyl halides is 1. The molecule has 1 saturated heterocycles. The van der Waals surface area contributed by atoms with Gasteiger partial charge in [-0.25, -0.2) is 9.82 Å². The summed E-state index contributed by atoms with van der Waals surface area (Å²) in [4.78, 5) is 24.3. The van der Waals surface area contributed by atoms with E-state index in [0.29, 0.717) is 44.0 Å². The molecule has 0 aliphatic carbocycles. The summed E-state index contributed by atoms with van der Waals surface area (Å²) >= 11 is 0. The average molecular weight is 399 g/mol. The zero-order valence-corrected chi connectivity index (χ0v) is 15.7. The number of ether oxygens (including phenoxy) is 1. The van der Waals surface area contributed by atoms with Crippen LogP contribution in [0, 0.1) is 5.82 Å². The third-order valence-corrected chi connectivity index (χ3v) is 4.44. The second-order valence-electron chi connectivity index (χ2n) is 6.37. The molecule has 1 aliphatic rings. The van der Waals surface area contributed by atoms with Gasteiger partial charge in [-0.1, -0.05) is 0 Å². The highest BCUT2D eigenvalue weighted by atomic mass is 19.1. The number of nitrogens with two attached hydrogens (primary N) is 1. The summed E-state index contributed by atoms with van der Waals surface area (Å²) in [5, 5.41) is 4.46. The molecule has 1 atom stereocenters. The van der Waals surface area contributed by atoms with Crippen LogP contribution in [0.1, 0.15) is 12.8 Å². The van der Waals surface area contributed by atoms with Gasteiger partial charge >= 0.3 is 0 Å². The molecule has 0 unspecified atom stereocenters. The first-order valence-corrected chi connectivity index (χ1v) is 9.26. The molecule has 28 heavy (non-hydrogen) atoms. The zero-order chi connectivity index (χ0) is 20.4. The number of benzene rings is 1. The number of rotatable bonds is 10. The molecule has 156 valence electrons. The van der Waals surface area contributed by atoms with Crippen molar-refractivity contribution in [2.24, 2.45) is 5.73 Å². The molecule has 1 aliphatic heterocycles. The first-order valence-electron chi connectivity index (χ1n) is 9.26. The van der Waals surface area contributed by atoms with E-state index >= 15 is 0 Å². The van der Waals surface area contributed by atoms with Crippen LogP contribution in [0.15, 0.2) is 18.2 Å². The fourth-order valence-corrected chi connectivity index (χ4v) is 2.91. The molecule has 4 N–H and O–H groups in total. The molecular weight excluding hydrogens is 372 g/mol. The summed E-state index contributed by atoms with van der Waals surface area (Å²) < 4.78 is 31.7. The second-order valence-corrected chi connectivity index (χ2v) is 6.37. The third kappa shape index (κ3) is 6.31. The fraction of sp³-hybridized carbons (Fsp3) is 0.556. The number of hydrogen-bond acceptors (Lipinski definition) is 7. The van der Waals surface area contributed by atoms with Crippen LogP contribution in [-0.4, -0.2) is 69.4 Å². The Hall–Kier alpha value is -2.46. The summed E-state index contributed by atoms with van der Waals surface area (Å²) in [5.41, 5.74) is 9.48. The van der Waals surface area contributed by atoms with Crippen molar-refractivity contribution >= 4 is 23.8 Å². The molecular formula is C18H27F2N5O3. The van der Waals surface area contributed by atoms with Crippen molar-refractivity contribution in [3.63, 3.8) is 0 Å². The lowest BCUT2D eigenvalue weighted by atomic mass is 10.2. The first-order chi connectivity index (χ1) is 13.6. The summed E-state index contributed by atoms with van der Waals surface area (Å²) in [5.74, 6) is -0.561. The number of carbonyl (C=O) groups excluding carboxylic acids is 2. The molecule has 0 saturated carbocycles. The SMILES string of the molecule is NC[C@@H](CNc1ccc(N2CCNN(C(=O)CCCF)CC2)c(F)c1)OC=O. The van der Waals surface area contributed by atoms with Gasteiger partial charge in [-0.3, -0.25) is 19.0 Å². The van der Waals surface area contributed by atoms with Crippen molar-refractivity contribution < 1.29 is 23.1 Å². The molecule has 0 aromatic heterocycles. The van der Waals surface area contributed by atoms with Gasteiger partial charge in [-0.15, -0.1) is 0 Å². The number of amides is 1. The predicted octanol–water partition coefficient (Wildman–Crippen LogP) is 0.641. The minimum Gasteiger partial charge on any atom is -0.461 e. The number of hydrazine groups is 1. The Kier molecular flexibility index (Phi) is 8.89. The van der Waals surface area contributed by atoms with E-state index in [0.717, 1.165) is 0 Å². The summed E-state index contributed by atoms with van der Waals surface area (Å²) in [6.45, 7) is 2.09. The van der Waals surface area contributed by atoms with Crippen LogP contribution < -0.4 is 21.4 Å². The number of carbonyl (C=O) groups is 2. The van der Waals surface area contributed by atoms with E-state index in [1.54, 1.807) is 12.1 Å². The number of nitrogens with zero attached hydrogens (tertiary/aromatic N) is 2. The highest BCUT2D eigenvalue weighted by molar-refractivity contribution is 5.75. The molecule has 1 aromatic carbocycles. The monoisotopic (exact) mass is 399 g/mol. The van der Waals surface area contributed by atoms with Gasteiger partial charge in [0, 0.05) is 38.3 Å². The van der Waals surface area contributed by atoms with Crippen molar-refractivity contribution in [3.8, 4) is 0 Å². The lowest BCUT2D eigenvalue weighted by molar-refractivity contribution is -0.134. The molecule has 1 heterocycles. The quantitative estimate of drug-likeness (QED) is 0.497. The molecule has 2 rings (SSSR count). The van der Waals surface area contributed by atoms with Crippen LogP contribution >= 0.6 is 0 Å². The number of hydrogen-bond donors (Lipinski definition) is 3. The predicted molar refractivity (Wildman–Crippen MR) is 102 cm³/mol. The smallest absolute Gasteiger partial charge is 0.293 e. The molecule has 8 nitrogen and oxygen atoms in total. The van der Waals surface area contributed by atoms with Gasteiger partial charge < -0.3 is 20.7 Å². The van der Waals surface area contributed by atoms with E-state index in [9.17, 15) is 18.4 Å². The van der Waals surface area contributed by atoms with Crippen LogP contribution in [0.25, 0.3) is 0 Å². The van der Waals surface area contributed by atoms with E-state index in [4.69, 9.17) is 10.5 Å². The Labute approximate surface area is 163 Å². The minimum atomic E-state index is -0.523. The Bertz CT molecular complexity index is 650. The van der Waals surface area contributed by atoms with Gasteiger partial charge in [0.2, 0.25) is 5.91 Å². The Morgan fingerprint density at radius 1 is 1.39 bits per heavy atom. The van der Waals surface area contributed by atoms with E-state index in [2.05, 4.69) is 10.7 Å². The van der Waals surface area contributed by atoms with Gasteiger partial charge in [-0.2, -0.15) is 0 Å². The molecule has 1 fully saturated rings. The maximum absolute atomic E-state index is 14.6. The van der Waals surface area contributed by atoms with Gasteiger partial charge in [0.15, 0.2) is 0 Å². The first kappa shape index (κ1) is 21.8. The van der Waals surface area contributed by atoms with E-state index < -0.39 is 18.6 Å². The maximum atomic E-state index is 14.6. The average Bonchev–Trinajstić information content (AvgIpc) is 2.95. The van der Waals surface area contributed by atoms with Crippen molar-refractivity contribution in [2.45, 2.75) is 18.9 Å². The Morgan fingerprint density at radius 2 is 2.21 bits per heavy atom. The van der Waals surface area contributed by atoms with Crippen LogP contribution in [0.5, 0.6) is 0 Å². The van der Waals surface area contributed by atoms with Crippen LogP contribution in [0.4, 0.5) is 20.2 Å². The molecule has 0 radical (unpaired) electrons. The Balaban J connectivity index is 1.94. The van der Waals surface area contributed by atoms with E-state index in [1.165, 1.54) is 11.1 Å². The highest BCUT2D eigenvalue weighted by Crippen LogP contribution is 2.23. The van der Waals surface area contributed by atoms with Crippen molar-refractivity contribution in [2.75, 3.05) is 56.2 Å². The van der Waals surface area contributed by atoms with Crippen molar-refractivity contribution in [3.05, 3.63) is 24.0 Å². The van der Waals surface area contributed by atoms with Gasteiger partial charge in [0.25, 0.3) is 6.47 Å². The number of anilines is 2. The molecule has 1 amide bonds. The summed E-state index contributed by atoms with van der Waals surface area (Å²) in [6, 6.07) is 4.76. The lowest BCUT2D eigenvalue weighted by Crippen LogP contribution is -2.43. The zero-order valence-electron chi connectivity index (χ0n) is 15.7. The summed E-state index contributed by atoms with van der Waals surface area (Å²) in [7, 11) is 0. The third-order valence-electron chi connectivity index (χ3n) is 4.44. The van der Waals surface area contributed by atoms with Crippen LogP contribution in [-0.2, 0) is 14.3 Å². The molecule has 10 heteroatoms. The van der Waals surface area contributed by atoms with E-state index in [1.807, 2.05) is 4.90 Å². The normalized spacial score (nSPS) is 15.7. The van der Waals surface area contributed by atoms with Crippen LogP contribution in [0.3, 0.4) is 0 Å². The maximum Gasteiger partial charge on any atom is 0.293 e. The number of halogens is 2. The number of nitrogens with one attached hydrogen (secondary N) is 2. The Morgan fingerprint density at radius 3 is 2.89 bits per heavy atom. The minimum absolute atomic E-state index is 0.149. The van der Waals surface area contributed by atoms with Gasteiger partial charge in [0.1, 0.15) is 11.9 Å². The topological polar surface area (TPSA) is 99.9 Å². The lowest BCUT2D eigenvalue weighted by Gasteiger charge is -2.24. The largest absolute Gasteiger partial charge is 0.461 e. The highest BCUT2D eigenvalue weighted by Gasteiger charge is 2.20. The van der Waals surface area contributed by atoms with Crippen molar-refractivity contribution in [1.82, 2.24) is 10.4 Å². The standard InChI is InChI=1S/C18H27F2N5O3/c19-5-1-2-18(27)25-9-8-24(7-6-23-25)17-4-3-14(10-16(17)20)22-12-15(11-21)28-13-26/h3-4,10,13,15,22-23H,1-2,5-9,11-12,21H2/t15-/m0/s1. The second kappa shape index (κ2) is 11.4. The van der Waals surface area contributed by atoms with Crippen LogP contribution in [0.2, 0.25) is 0 Å². The fourth-order valence-electron chi connectivity index (χ4n) is 2.91. The molecule has 0 spiro atoms. The van der Waals surface area contributed by atoms with E-state index in [-0.39, 0.29) is 31.8 Å². The molecule has 1 aromatic rings. The van der Waals surface area contributed by atoms with Gasteiger partial charge in [0.05, 0.1) is 25.5 Å².